The van der Waals surface area contributed by atoms with E-state index in [4.69, 9.17) is 9.05 Å². The number of nitro groups is 1. The fourth-order valence-electron chi connectivity index (χ4n) is 3.22. The Balaban J connectivity index is -0.000000726. The van der Waals surface area contributed by atoms with Crippen molar-refractivity contribution in [2.24, 2.45) is 16.3 Å². The molecule has 0 atom stereocenters. The van der Waals surface area contributed by atoms with Gasteiger partial charge >= 0.3 is 0 Å². The first-order valence-corrected chi connectivity index (χ1v) is 12.7. The minimum atomic E-state index is -0.879. The molecular weight excluding hydrogens is 588 g/mol. The number of H-pyrrole nitrogens is 1. The average Bonchev–Trinajstić information content (AvgIpc) is 3.77. The molecule has 0 aliphatic heterocycles. The molecule has 4 aromatic rings. The van der Waals surface area contributed by atoms with Crippen LogP contribution >= 0.6 is 0 Å². The van der Waals surface area contributed by atoms with Crippen LogP contribution in [0, 0.1) is 114 Å². The molecule has 0 aliphatic carbocycles. The Hall–Kier alpha value is -7.57. The van der Waals surface area contributed by atoms with Gasteiger partial charge in [-0.05, 0) is 123 Å². The van der Waals surface area contributed by atoms with Crippen molar-refractivity contribution in [1.29, 1.82) is 0 Å². The number of fused-ring (bicyclic) bond motifs is 1. The maximum Gasteiger partial charge on any atom is 0.193 e. The lowest BCUT2D eigenvalue weighted by molar-refractivity contribution is -0.546. The van der Waals surface area contributed by atoms with Crippen molar-refractivity contribution < 1.29 is 19.8 Å². The predicted molar refractivity (Wildman–Crippen MR) is 179 cm³/mol. The van der Waals surface area contributed by atoms with Gasteiger partial charge in [-0.25, -0.2) is 4.98 Å². The number of anilines is 2. The molecule has 0 saturated heterocycles. The van der Waals surface area contributed by atoms with Crippen LogP contribution in [0.3, 0.4) is 0 Å². The summed E-state index contributed by atoms with van der Waals surface area (Å²) in [6, 6.07) is 4.06. The molecule has 0 fully saturated rings. The number of imidazole rings is 1. The van der Waals surface area contributed by atoms with Gasteiger partial charge in [0.05, 0.1) is 33.5 Å². The normalized spacial score (nSPS) is 8.37. The summed E-state index contributed by atoms with van der Waals surface area (Å²) in [5.74, 6) is 41.4. The Morgan fingerprint density at radius 3 is 1.96 bits per heavy atom. The molecule has 0 unspecified atom stereocenters. The maximum atomic E-state index is 9.24. The highest BCUT2D eigenvalue weighted by molar-refractivity contribution is 5.94. The van der Waals surface area contributed by atoms with Crippen molar-refractivity contribution in [1.82, 2.24) is 25.8 Å². The van der Waals surface area contributed by atoms with Gasteiger partial charge in [-0.1, -0.05) is 22.2 Å². The minimum Gasteiger partial charge on any atom is -0.362 e. The summed E-state index contributed by atoms with van der Waals surface area (Å²) in [6.45, 7) is 9.18. The molecule has 1 aromatic carbocycles. The number of hydrogen-bond donors (Lipinski definition) is 4. The Morgan fingerprint density at radius 1 is 0.935 bits per heavy atom. The van der Waals surface area contributed by atoms with Gasteiger partial charge in [0.25, 0.3) is 0 Å². The monoisotopic (exact) mass is 620 g/mol. The number of hydrogen-bond acceptors (Lipinski definition) is 10. The van der Waals surface area contributed by atoms with Crippen LogP contribution in [0.1, 0.15) is 36.6 Å². The van der Waals surface area contributed by atoms with E-state index < -0.39 is 5.03 Å². The maximum absolute atomic E-state index is 9.24. The number of nitrogens with one attached hydrogen (secondary N) is 3. The van der Waals surface area contributed by atoms with E-state index in [1.165, 1.54) is 5.53 Å². The van der Waals surface area contributed by atoms with Gasteiger partial charge in [0, 0.05) is 22.4 Å². The van der Waals surface area contributed by atoms with Crippen LogP contribution < -0.4 is 16.7 Å². The molecule has 0 bridgehead atoms. The number of nitrogens with two attached hydrogens (primary N) is 1. The third kappa shape index (κ3) is 11.7. The van der Waals surface area contributed by atoms with Crippen LogP contribution in [0.15, 0.2) is 44.2 Å². The highest BCUT2D eigenvalue weighted by atomic mass is 16.7. The van der Waals surface area contributed by atoms with Gasteiger partial charge in [0.1, 0.15) is 17.5 Å². The highest BCUT2D eigenvalue weighted by Gasteiger charge is 2.16. The number of aromatic nitrogens is 4. The average molecular weight is 621 g/mol. The largest absolute Gasteiger partial charge is 0.362 e. The lowest BCUT2D eigenvalue weighted by Crippen LogP contribution is -2.13. The fraction of sp³-hybridized carbons (Fsp3) is 0.156. The van der Waals surface area contributed by atoms with Gasteiger partial charge < -0.3 is 29.5 Å². The van der Waals surface area contributed by atoms with E-state index in [2.05, 4.69) is 125 Å². The molecule has 4 rings (SSSR count). The Bertz CT molecular complexity index is 2100. The Labute approximate surface area is 270 Å². The SMILES string of the molecule is CC#CC#CC#CC#CC#CC#CC#CC.Cc1conc1Nc1cc(-c2c(C)noc2C)cc2[nH]cnc12.NN=NN[N+](=O)[O-].[HH].[HH].[HH].[HH]. The second-order valence-corrected chi connectivity index (χ2v) is 8.07. The first-order valence-electron chi connectivity index (χ1n) is 12.7. The lowest BCUT2D eigenvalue weighted by Gasteiger charge is -2.08. The summed E-state index contributed by atoms with van der Waals surface area (Å²) in [5.41, 5.74) is 7.72. The topological polar surface area (TPSA) is 199 Å². The molecule has 0 saturated carbocycles. The minimum absolute atomic E-state index is 0. The number of nitrogens with zero attached hydrogens (tertiary/aromatic N) is 6. The van der Waals surface area contributed by atoms with E-state index in [1.54, 1.807) is 26.4 Å². The quantitative estimate of drug-likeness (QED) is 0.0781. The summed E-state index contributed by atoms with van der Waals surface area (Å²) in [7, 11) is 0. The Morgan fingerprint density at radius 2 is 1.52 bits per heavy atom. The van der Waals surface area contributed by atoms with Crippen LogP contribution in [0.5, 0.6) is 0 Å². The van der Waals surface area contributed by atoms with Crippen LogP contribution in [-0.2, 0) is 0 Å². The molecule has 14 heteroatoms. The zero-order valence-electron chi connectivity index (χ0n) is 25.2. The van der Waals surface area contributed by atoms with Crippen LogP contribution in [0.4, 0.5) is 11.5 Å². The number of aromatic amines is 1. The smallest absolute Gasteiger partial charge is 0.193 e. The number of hydrazine groups is 1. The van der Waals surface area contributed by atoms with E-state index in [9.17, 15) is 10.1 Å². The molecule has 3 heterocycles. The molecule has 0 amide bonds. The fourth-order valence-corrected chi connectivity index (χ4v) is 3.22. The summed E-state index contributed by atoms with van der Waals surface area (Å²) in [6.07, 6.45) is 3.27. The third-order valence-electron chi connectivity index (χ3n) is 4.97. The third-order valence-corrected chi connectivity index (χ3v) is 4.97. The molecule has 234 valence electrons. The zero-order valence-corrected chi connectivity index (χ0v) is 25.2. The second kappa shape index (κ2) is 19.5. The summed E-state index contributed by atoms with van der Waals surface area (Å²) in [5, 5.41) is 24.8. The van der Waals surface area contributed by atoms with Crippen LogP contribution in [-0.4, -0.2) is 25.3 Å². The summed E-state index contributed by atoms with van der Waals surface area (Å²) >= 11 is 0. The van der Waals surface area contributed by atoms with Gasteiger partial charge in [-0.15, -0.1) is 0 Å². The number of rotatable bonds is 5. The van der Waals surface area contributed by atoms with Crippen LogP contribution in [0.2, 0.25) is 0 Å². The number of aryl methyl sites for hydroxylation is 3. The molecule has 5 N–H and O–H groups in total. The van der Waals surface area contributed by atoms with Crippen molar-refractivity contribution in [2.75, 3.05) is 5.32 Å². The van der Waals surface area contributed by atoms with Crippen molar-refractivity contribution >= 4 is 22.5 Å². The molecule has 3 aromatic heterocycles. The van der Waals surface area contributed by atoms with E-state index >= 15 is 0 Å². The number of benzene rings is 1. The van der Waals surface area contributed by atoms with Crippen molar-refractivity contribution in [3.8, 4) is 94.0 Å². The lowest BCUT2D eigenvalue weighted by atomic mass is 10.0. The highest BCUT2D eigenvalue weighted by Crippen LogP contribution is 2.34. The van der Waals surface area contributed by atoms with E-state index in [-0.39, 0.29) is 5.71 Å². The molecule has 0 radical (unpaired) electrons. The first-order chi connectivity index (χ1) is 22.3. The molecular formula is C32H32N10O4. The standard InChI is InChI=1S/C16H15N5O2.C16H6.H3N5O2.4H2/c1-8-6-22-21-16(8)19-13-5-11(4-12-15(13)18-7-17-12)14-9(2)20-23-10(14)3;1-3-5-7-9-11-13-15-16-14-12-10-8-6-4-2;1-2-3-4-5(6)7;;;;/h4-7H,1-3H3,(H,17,18)(H,19,21);1-2H3;(H2,1,3)(H,2,4);4*1H. The van der Waals surface area contributed by atoms with E-state index in [0.717, 1.165) is 44.9 Å². The molecule has 0 aliphatic rings. The van der Waals surface area contributed by atoms with E-state index in [0.29, 0.717) is 5.82 Å². The molecule has 14 nitrogen and oxygen atoms in total. The van der Waals surface area contributed by atoms with Crippen LogP contribution in [0.25, 0.3) is 22.2 Å². The molecule has 0 spiro atoms. The van der Waals surface area contributed by atoms with Gasteiger partial charge in [0.2, 0.25) is 0 Å². The van der Waals surface area contributed by atoms with Gasteiger partial charge in [0.15, 0.2) is 11.0 Å². The van der Waals surface area contributed by atoms with E-state index in [1.807, 2.05) is 32.9 Å². The van der Waals surface area contributed by atoms with Crippen molar-refractivity contribution in [3.05, 3.63) is 51.9 Å². The Kier molecular flexibility index (Phi) is 14.7. The van der Waals surface area contributed by atoms with Gasteiger partial charge in [-0.3, -0.25) is 5.84 Å². The predicted octanol–water partition coefficient (Wildman–Crippen LogP) is 4.92. The molecule has 46 heavy (non-hydrogen) atoms. The summed E-state index contributed by atoms with van der Waals surface area (Å²) < 4.78 is 10.3. The zero-order chi connectivity index (χ0) is 33.6. The summed E-state index contributed by atoms with van der Waals surface area (Å²) in [4.78, 5) is 16.8. The van der Waals surface area contributed by atoms with Gasteiger partial charge in [-0.2, -0.15) is 0 Å². The van der Waals surface area contributed by atoms with Crippen molar-refractivity contribution in [3.63, 3.8) is 0 Å². The second-order valence-electron chi connectivity index (χ2n) is 8.07. The first kappa shape index (κ1) is 34.6. The van der Waals surface area contributed by atoms with Crippen molar-refractivity contribution in [2.45, 2.75) is 34.6 Å².